The van der Waals surface area contributed by atoms with Gasteiger partial charge in [0.05, 0.1) is 42.4 Å². The van der Waals surface area contributed by atoms with Gasteiger partial charge in [-0.2, -0.15) is 0 Å². The van der Waals surface area contributed by atoms with E-state index in [4.69, 9.17) is 14.2 Å². The lowest BCUT2D eigenvalue weighted by Gasteiger charge is -2.35. The SMILES string of the molecule is COc1ccc(NC(=O)N(C)C[C@H]2OCCCC[C@@H](C)Oc3ccc(NS(=O)(=O)c4ccccc4)cc3C(=O)N([C@H](C)CO)C[C@H]2C)cc1. The summed E-state index contributed by atoms with van der Waals surface area (Å²) < 4.78 is 46.6. The number of methoxy groups -OCH3 is 1. The van der Waals surface area contributed by atoms with E-state index in [1.54, 1.807) is 85.5 Å². The summed E-state index contributed by atoms with van der Waals surface area (Å²) in [4.78, 5) is 30.7. The van der Waals surface area contributed by atoms with E-state index in [0.717, 1.165) is 12.8 Å². The van der Waals surface area contributed by atoms with E-state index < -0.39 is 28.1 Å². The summed E-state index contributed by atoms with van der Waals surface area (Å²) >= 11 is 0. The van der Waals surface area contributed by atoms with Gasteiger partial charge < -0.3 is 34.4 Å². The molecule has 0 aliphatic carbocycles. The minimum Gasteiger partial charge on any atom is -0.497 e. The molecule has 0 saturated carbocycles. The van der Waals surface area contributed by atoms with E-state index in [9.17, 15) is 23.1 Å². The number of hydrogen-bond acceptors (Lipinski definition) is 8. The number of ether oxygens (including phenoxy) is 3. The molecule has 3 aromatic carbocycles. The third-order valence-corrected chi connectivity index (χ3v) is 9.90. The number of fused-ring (bicyclic) bond motifs is 1. The Morgan fingerprint density at radius 2 is 1.76 bits per heavy atom. The number of urea groups is 1. The van der Waals surface area contributed by atoms with Crippen LogP contribution in [0.4, 0.5) is 16.2 Å². The summed E-state index contributed by atoms with van der Waals surface area (Å²) in [5.74, 6) is 0.304. The zero-order valence-corrected chi connectivity index (χ0v) is 29.6. The number of aliphatic hydroxyl groups excluding tert-OH is 1. The smallest absolute Gasteiger partial charge is 0.321 e. The normalized spacial score (nSPS) is 19.8. The molecule has 0 fully saturated rings. The fourth-order valence-electron chi connectivity index (χ4n) is 5.51. The first kappa shape index (κ1) is 37.5. The summed E-state index contributed by atoms with van der Waals surface area (Å²) in [6.07, 6.45) is 1.59. The molecule has 0 saturated heterocycles. The maximum absolute atomic E-state index is 14.4. The Labute approximate surface area is 289 Å². The van der Waals surface area contributed by atoms with Crippen LogP contribution in [0.2, 0.25) is 0 Å². The van der Waals surface area contributed by atoms with Crippen LogP contribution in [0.5, 0.6) is 11.5 Å². The molecule has 0 unspecified atom stereocenters. The monoisotopic (exact) mass is 696 g/mol. The van der Waals surface area contributed by atoms with E-state index in [1.165, 1.54) is 18.2 Å². The van der Waals surface area contributed by atoms with Gasteiger partial charge in [0.1, 0.15) is 11.5 Å². The number of likely N-dealkylation sites (N-methyl/N-ethyl adjacent to an activating group) is 1. The first-order chi connectivity index (χ1) is 23.4. The van der Waals surface area contributed by atoms with Crippen molar-refractivity contribution >= 4 is 33.3 Å². The molecule has 3 N–H and O–H groups in total. The highest BCUT2D eigenvalue weighted by atomic mass is 32.2. The molecule has 13 heteroatoms. The molecule has 49 heavy (non-hydrogen) atoms. The van der Waals surface area contributed by atoms with E-state index in [2.05, 4.69) is 10.0 Å². The number of nitrogens with one attached hydrogen (secondary N) is 2. The van der Waals surface area contributed by atoms with Crippen LogP contribution in [0.3, 0.4) is 0 Å². The molecule has 1 aliphatic rings. The zero-order chi connectivity index (χ0) is 35.6. The number of carbonyl (C=O) groups is 2. The first-order valence-corrected chi connectivity index (χ1v) is 18.0. The minimum atomic E-state index is -3.92. The van der Waals surface area contributed by atoms with Gasteiger partial charge in [-0.1, -0.05) is 25.1 Å². The molecule has 1 aliphatic heterocycles. The second kappa shape index (κ2) is 17.4. The molecule has 12 nitrogen and oxygen atoms in total. The number of anilines is 2. The highest BCUT2D eigenvalue weighted by Gasteiger charge is 2.31. The maximum atomic E-state index is 14.4. The molecule has 0 aromatic heterocycles. The maximum Gasteiger partial charge on any atom is 0.321 e. The molecule has 0 spiro atoms. The molecule has 0 radical (unpaired) electrons. The van der Waals surface area contributed by atoms with E-state index in [0.29, 0.717) is 30.2 Å². The largest absolute Gasteiger partial charge is 0.497 e. The predicted molar refractivity (Wildman–Crippen MR) is 189 cm³/mol. The number of rotatable bonds is 9. The van der Waals surface area contributed by atoms with Gasteiger partial charge in [0, 0.05) is 44.0 Å². The molecule has 4 atom stereocenters. The highest BCUT2D eigenvalue weighted by Crippen LogP contribution is 2.29. The van der Waals surface area contributed by atoms with Crippen LogP contribution >= 0.6 is 0 Å². The third-order valence-electron chi connectivity index (χ3n) is 8.50. The van der Waals surface area contributed by atoms with Crippen LogP contribution in [-0.2, 0) is 14.8 Å². The summed E-state index contributed by atoms with van der Waals surface area (Å²) in [5, 5.41) is 13.1. The number of amides is 3. The van der Waals surface area contributed by atoms with Crippen molar-refractivity contribution in [1.82, 2.24) is 9.80 Å². The van der Waals surface area contributed by atoms with Crippen molar-refractivity contribution in [3.05, 3.63) is 78.4 Å². The topological polar surface area (TPSA) is 147 Å². The second-order valence-corrected chi connectivity index (χ2v) is 14.2. The van der Waals surface area contributed by atoms with E-state index in [1.807, 2.05) is 13.8 Å². The third kappa shape index (κ3) is 10.3. The minimum absolute atomic E-state index is 0.0873. The number of nitrogens with zero attached hydrogens (tertiary/aromatic N) is 2. The van der Waals surface area contributed by atoms with Crippen molar-refractivity contribution in [2.45, 2.75) is 63.2 Å². The average Bonchev–Trinajstić information content (AvgIpc) is 3.10. The van der Waals surface area contributed by atoms with Crippen molar-refractivity contribution in [2.75, 3.05) is 50.5 Å². The molecular formula is C36H48N4O8S. The summed E-state index contributed by atoms with van der Waals surface area (Å²) in [5.41, 5.74) is 0.980. The molecule has 3 aromatic rings. The lowest BCUT2D eigenvalue weighted by Crippen LogP contribution is -2.48. The Hall–Kier alpha value is -4.33. The Bertz CT molecular complexity index is 1640. The molecule has 1 heterocycles. The highest BCUT2D eigenvalue weighted by molar-refractivity contribution is 7.92. The van der Waals surface area contributed by atoms with Gasteiger partial charge in [0.15, 0.2) is 0 Å². The van der Waals surface area contributed by atoms with Gasteiger partial charge in [-0.15, -0.1) is 0 Å². The van der Waals surface area contributed by atoms with Crippen LogP contribution in [0.15, 0.2) is 77.7 Å². The lowest BCUT2D eigenvalue weighted by molar-refractivity contribution is -0.0115. The fourth-order valence-corrected chi connectivity index (χ4v) is 6.58. The van der Waals surface area contributed by atoms with Gasteiger partial charge in [-0.3, -0.25) is 9.52 Å². The number of sulfonamides is 1. The number of aliphatic hydroxyl groups is 1. The quantitative estimate of drug-likeness (QED) is 0.268. The standard InChI is InChI=1S/C36H48N4O8S/c1-25-22-40(26(2)24-41)35(42)32-21-29(38-49(44,45)31-12-7-6-8-13-31)16-19-33(32)48-27(3)11-9-10-20-47-34(25)23-39(4)36(43)37-28-14-17-30(46-5)18-15-28/h6-8,12-19,21,25-27,34,38,41H,9-11,20,22-24H2,1-5H3,(H,37,43)/t25-,26-,27-,34-/m1/s1. The average molecular weight is 697 g/mol. The van der Waals surface area contributed by atoms with Crippen molar-refractivity contribution in [2.24, 2.45) is 5.92 Å². The lowest BCUT2D eigenvalue weighted by atomic mass is 10.0. The predicted octanol–water partition coefficient (Wildman–Crippen LogP) is 5.46. The van der Waals surface area contributed by atoms with Crippen molar-refractivity contribution < 1.29 is 37.3 Å². The Morgan fingerprint density at radius 3 is 2.43 bits per heavy atom. The van der Waals surface area contributed by atoms with E-state index in [-0.39, 0.29) is 53.9 Å². The van der Waals surface area contributed by atoms with Gasteiger partial charge in [0.25, 0.3) is 15.9 Å². The van der Waals surface area contributed by atoms with Crippen LogP contribution in [-0.4, -0.2) is 94.0 Å². The number of benzene rings is 3. The van der Waals surface area contributed by atoms with Crippen LogP contribution in [0.1, 0.15) is 50.4 Å². The van der Waals surface area contributed by atoms with Crippen LogP contribution in [0.25, 0.3) is 0 Å². The van der Waals surface area contributed by atoms with Gasteiger partial charge >= 0.3 is 6.03 Å². The van der Waals surface area contributed by atoms with Gasteiger partial charge in [-0.05, 0) is 87.7 Å². The van der Waals surface area contributed by atoms with Crippen LogP contribution < -0.4 is 19.5 Å². The summed E-state index contributed by atoms with van der Waals surface area (Å²) in [6.45, 7) is 6.20. The van der Waals surface area contributed by atoms with Gasteiger partial charge in [-0.25, -0.2) is 13.2 Å². The Morgan fingerprint density at radius 1 is 1.06 bits per heavy atom. The van der Waals surface area contributed by atoms with Crippen molar-refractivity contribution in [3.63, 3.8) is 0 Å². The summed E-state index contributed by atoms with van der Waals surface area (Å²) in [6, 6.07) is 18.7. The van der Waals surface area contributed by atoms with Crippen molar-refractivity contribution in [1.29, 1.82) is 0 Å². The van der Waals surface area contributed by atoms with Crippen LogP contribution in [0, 0.1) is 5.92 Å². The zero-order valence-electron chi connectivity index (χ0n) is 28.8. The fraction of sp³-hybridized carbons (Fsp3) is 0.444. The van der Waals surface area contributed by atoms with Crippen molar-refractivity contribution in [3.8, 4) is 11.5 Å². The first-order valence-electron chi connectivity index (χ1n) is 16.5. The van der Waals surface area contributed by atoms with E-state index >= 15 is 0 Å². The molecule has 0 bridgehead atoms. The molecule has 3 amide bonds. The second-order valence-electron chi connectivity index (χ2n) is 12.5. The number of carbonyl (C=O) groups excluding carboxylic acids is 2. The number of hydrogen-bond donors (Lipinski definition) is 3. The molecule has 4 rings (SSSR count). The molecular weight excluding hydrogens is 648 g/mol. The molecule has 266 valence electrons. The summed E-state index contributed by atoms with van der Waals surface area (Å²) in [7, 11) is -0.662. The Kier molecular flexibility index (Phi) is 13.3. The Balaban J connectivity index is 1.60. The van der Waals surface area contributed by atoms with Gasteiger partial charge in [0.2, 0.25) is 0 Å².